The van der Waals surface area contributed by atoms with E-state index in [-0.39, 0.29) is 85.9 Å². The van der Waals surface area contributed by atoms with E-state index in [4.69, 9.17) is 0 Å². The van der Waals surface area contributed by atoms with Crippen molar-refractivity contribution in [2.75, 3.05) is 0 Å². The number of phenolic OH excluding ortho intramolecular Hbond substituents is 3. The SMILES string of the molecule is Oc1ccc(-c2c(-c3ccccc3)nn3c(C(F)(F)F)cc(C(F)(F)F)nc23)cc1.Oc1ccc(-c2c(-c3ccccc3)nn3c(C(F)(F)F)cc(C(F)(F)F)nc23)cc1.Oc1ccc(-c2c(-c3ccccc3)nn3c(C(F)(F)F)cc(C(F)(F)F)nc23)cc1. The summed E-state index contributed by atoms with van der Waals surface area (Å²) in [5, 5.41) is 40.5. The lowest BCUT2D eigenvalue weighted by molar-refractivity contribution is -0.149. The van der Waals surface area contributed by atoms with E-state index in [9.17, 15) is 94.3 Å². The molecule has 0 amide bonds. The number of benzene rings is 6. The highest BCUT2D eigenvalue weighted by Gasteiger charge is 2.44. The molecule has 90 heavy (non-hydrogen) atoms. The number of phenols is 3. The Balaban J connectivity index is 0.000000148. The van der Waals surface area contributed by atoms with Crippen molar-refractivity contribution < 1.29 is 94.3 Å². The molecule has 0 aliphatic heterocycles. The molecule has 6 heterocycles. The molecule has 0 saturated carbocycles. The van der Waals surface area contributed by atoms with Crippen LogP contribution in [0.2, 0.25) is 0 Å². The largest absolute Gasteiger partial charge is 0.508 e. The maximum atomic E-state index is 13.6. The number of aromatic hydroxyl groups is 3. The van der Waals surface area contributed by atoms with Crippen molar-refractivity contribution in [1.82, 2.24) is 43.8 Å². The van der Waals surface area contributed by atoms with Crippen LogP contribution in [0.3, 0.4) is 0 Å². The fraction of sp³-hybridized carbons (Fsp3) is 0.100. The minimum Gasteiger partial charge on any atom is -0.508 e. The molecular formula is C60H33F18N9O3. The van der Waals surface area contributed by atoms with Gasteiger partial charge in [-0.25, -0.2) is 28.5 Å². The molecule has 12 nitrogen and oxygen atoms in total. The van der Waals surface area contributed by atoms with E-state index in [1.807, 2.05) is 0 Å². The van der Waals surface area contributed by atoms with Gasteiger partial charge in [0.2, 0.25) is 0 Å². The molecule has 0 aliphatic rings. The first kappa shape index (κ1) is 62.4. The van der Waals surface area contributed by atoms with Crippen LogP contribution in [0, 0.1) is 0 Å². The molecule has 12 aromatic rings. The Kier molecular flexibility index (Phi) is 16.0. The summed E-state index contributed by atoms with van der Waals surface area (Å²) < 4.78 is 243. The number of hydrogen-bond acceptors (Lipinski definition) is 9. The van der Waals surface area contributed by atoms with Crippen LogP contribution in [0.25, 0.3) is 84.1 Å². The van der Waals surface area contributed by atoms with E-state index in [0.717, 1.165) is 0 Å². The van der Waals surface area contributed by atoms with Gasteiger partial charge in [-0.2, -0.15) is 94.3 Å². The molecule has 0 radical (unpaired) electrons. The van der Waals surface area contributed by atoms with E-state index in [1.54, 1.807) is 91.0 Å². The summed E-state index contributed by atoms with van der Waals surface area (Å²) in [5.41, 5.74) is -9.64. The Bertz CT molecular complexity index is 4100. The van der Waals surface area contributed by atoms with Crippen LogP contribution in [-0.2, 0) is 37.1 Å². The zero-order chi connectivity index (χ0) is 65.0. The molecule has 3 N–H and O–H groups in total. The van der Waals surface area contributed by atoms with Gasteiger partial charge in [0.05, 0.1) is 16.7 Å². The zero-order valence-corrected chi connectivity index (χ0v) is 44.5. The first-order chi connectivity index (χ1) is 42.2. The number of hydrogen-bond donors (Lipinski definition) is 3. The van der Waals surface area contributed by atoms with Crippen LogP contribution < -0.4 is 0 Å². The Morgan fingerprint density at radius 2 is 0.467 bits per heavy atom. The lowest BCUT2D eigenvalue weighted by atomic mass is 10.0. The Morgan fingerprint density at radius 3 is 0.656 bits per heavy atom. The number of fused-ring (bicyclic) bond motifs is 3. The molecular weight excluding hydrogens is 1240 g/mol. The maximum absolute atomic E-state index is 13.6. The number of halogens is 18. The quantitative estimate of drug-likeness (QED) is 0.138. The van der Waals surface area contributed by atoms with Gasteiger partial charge in [-0.05, 0) is 71.3 Å². The lowest BCUT2D eigenvalue weighted by Crippen LogP contribution is -2.18. The van der Waals surface area contributed by atoms with Crippen molar-refractivity contribution in [2.45, 2.75) is 37.1 Å². The van der Waals surface area contributed by atoms with E-state index >= 15 is 0 Å². The van der Waals surface area contributed by atoms with Crippen LogP contribution in [0.4, 0.5) is 79.0 Å². The second-order valence-corrected chi connectivity index (χ2v) is 19.2. The third kappa shape index (κ3) is 12.8. The van der Waals surface area contributed by atoms with E-state index in [0.29, 0.717) is 30.2 Å². The second kappa shape index (κ2) is 23.1. The third-order valence-electron chi connectivity index (χ3n) is 13.1. The van der Waals surface area contributed by atoms with E-state index in [1.165, 1.54) is 72.8 Å². The minimum absolute atomic E-state index is 0.0159. The van der Waals surface area contributed by atoms with Crippen LogP contribution in [0.15, 0.2) is 182 Å². The van der Waals surface area contributed by atoms with Crippen molar-refractivity contribution in [3.05, 3.63) is 216 Å². The number of rotatable bonds is 6. The fourth-order valence-electron chi connectivity index (χ4n) is 9.17. The van der Waals surface area contributed by atoms with Gasteiger partial charge in [-0.3, -0.25) is 0 Å². The summed E-state index contributed by atoms with van der Waals surface area (Å²) in [4.78, 5) is 10.4. The average Bonchev–Trinajstić information content (AvgIpc) is 1.59. The highest BCUT2D eigenvalue weighted by atomic mass is 19.4. The number of aromatic nitrogens is 9. The van der Waals surface area contributed by atoms with Crippen molar-refractivity contribution >= 4 is 16.9 Å². The maximum Gasteiger partial charge on any atom is 0.433 e. The summed E-state index contributed by atoms with van der Waals surface area (Å²) in [6.45, 7) is 0. The van der Waals surface area contributed by atoms with E-state index in [2.05, 4.69) is 30.2 Å². The van der Waals surface area contributed by atoms with Crippen LogP contribution in [-0.4, -0.2) is 59.1 Å². The molecule has 0 spiro atoms. The predicted molar refractivity (Wildman–Crippen MR) is 287 cm³/mol. The van der Waals surface area contributed by atoms with Gasteiger partial charge in [0.1, 0.15) is 51.4 Å². The summed E-state index contributed by atoms with van der Waals surface area (Å²) in [5.74, 6) is -0.343. The fourth-order valence-corrected chi connectivity index (χ4v) is 9.17. The van der Waals surface area contributed by atoms with Crippen LogP contribution in [0.1, 0.15) is 34.2 Å². The molecule has 6 aromatic heterocycles. The van der Waals surface area contributed by atoms with Crippen LogP contribution >= 0.6 is 0 Å². The molecule has 6 aromatic carbocycles. The molecule has 0 aliphatic carbocycles. The van der Waals surface area contributed by atoms with Crippen molar-refractivity contribution in [3.63, 3.8) is 0 Å². The van der Waals surface area contributed by atoms with Gasteiger partial charge in [0.15, 0.2) is 34.0 Å². The topological polar surface area (TPSA) is 151 Å². The van der Waals surface area contributed by atoms with Crippen molar-refractivity contribution in [3.8, 4) is 84.4 Å². The summed E-state index contributed by atoms with van der Waals surface area (Å²) in [7, 11) is 0. The first-order valence-electron chi connectivity index (χ1n) is 25.5. The number of nitrogens with zero attached hydrogens (tertiary/aromatic N) is 9. The Hall–Kier alpha value is -10.7. The third-order valence-corrected chi connectivity index (χ3v) is 13.1. The molecule has 0 bridgehead atoms. The molecule has 0 atom stereocenters. The van der Waals surface area contributed by atoms with Gasteiger partial charge in [-0.1, -0.05) is 127 Å². The van der Waals surface area contributed by atoms with Gasteiger partial charge >= 0.3 is 37.1 Å². The molecule has 0 fully saturated rings. The number of alkyl halides is 18. The standard InChI is InChI=1S/3C20H11F6N3O/c3*21-19(22,23)14-10-15(20(24,25)26)29-18(27-14)16(11-6-8-13(30)9-7-11)17(28-29)12-4-2-1-3-5-12/h3*1-10,30H. The first-order valence-corrected chi connectivity index (χ1v) is 25.5. The molecule has 462 valence electrons. The summed E-state index contributed by atoms with van der Waals surface area (Å²) in [6.07, 6.45) is -30.6. The average molecular weight is 1270 g/mol. The van der Waals surface area contributed by atoms with Gasteiger partial charge in [0.25, 0.3) is 0 Å². The predicted octanol–water partition coefficient (Wildman–Crippen LogP) is 17.4. The van der Waals surface area contributed by atoms with Gasteiger partial charge < -0.3 is 15.3 Å². The second-order valence-electron chi connectivity index (χ2n) is 19.2. The normalized spacial score (nSPS) is 12.5. The van der Waals surface area contributed by atoms with Crippen LogP contribution in [0.5, 0.6) is 17.2 Å². The lowest BCUT2D eigenvalue weighted by Gasteiger charge is -2.13. The molecule has 30 heteroatoms. The van der Waals surface area contributed by atoms with Crippen molar-refractivity contribution in [1.29, 1.82) is 0 Å². The summed E-state index contributed by atoms with van der Waals surface area (Å²) in [6, 6.07) is 39.9. The minimum atomic E-state index is -5.10. The van der Waals surface area contributed by atoms with E-state index < -0.39 is 88.2 Å². The highest BCUT2D eigenvalue weighted by Crippen LogP contribution is 2.45. The van der Waals surface area contributed by atoms with Crippen molar-refractivity contribution in [2.24, 2.45) is 0 Å². The summed E-state index contributed by atoms with van der Waals surface area (Å²) >= 11 is 0. The Labute approximate surface area is 491 Å². The Morgan fingerprint density at radius 1 is 0.256 bits per heavy atom. The molecule has 0 saturated heterocycles. The smallest absolute Gasteiger partial charge is 0.433 e. The van der Waals surface area contributed by atoms with Gasteiger partial charge in [0, 0.05) is 16.7 Å². The molecule has 0 unspecified atom stereocenters. The van der Waals surface area contributed by atoms with Gasteiger partial charge in [-0.15, -0.1) is 0 Å². The molecule has 12 rings (SSSR count). The zero-order valence-electron chi connectivity index (χ0n) is 44.5. The monoisotopic (exact) mass is 1270 g/mol. The highest BCUT2D eigenvalue weighted by molar-refractivity contribution is 5.93.